The molecule has 7 heteroatoms. The molecule has 27 heavy (non-hydrogen) atoms. The molecule has 3 rings (SSSR count). The zero-order valence-corrected chi connectivity index (χ0v) is 17.6. The Balaban J connectivity index is 1.66. The van der Waals surface area contributed by atoms with Gasteiger partial charge in [-0.25, -0.2) is 4.39 Å². The number of nitrogens with one attached hydrogen (secondary N) is 4. The van der Waals surface area contributed by atoms with Crippen LogP contribution in [0.4, 0.5) is 10.1 Å². The summed E-state index contributed by atoms with van der Waals surface area (Å²) in [6.07, 6.45) is 0. The highest BCUT2D eigenvalue weighted by Gasteiger charge is 2.34. The van der Waals surface area contributed by atoms with Gasteiger partial charge in [-0.1, -0.05) is 12.1 Å². The van der Waals surface area contributed by atoms with Crippen molar-refractivity contribution in [2.24, 2.45) is 0 Å². The van der Waals surface area contributed by atoms with E-state index in [9.17, 15) is 4.39 Å². The predicted octanol–water partition coefficient (Wildman–Crippen LogP) is 1.11. The summed E-state index contributed by atoms with van der Waals surface area (Å²) in [5.74, 6) is -0.270. The predicted molar refractivity (Wildman–Crippen MR) is 114 cm³/mol. The number of hydrogen-bond donors (Lipinski definition) is 4. The molecular weight excluding hydrogens is 379 g/mol. The van der Waals surface area contributed by atoms with Crippen LogP contribution in [0.3, 0.4) is 0 Å². The average molecular weight is 409 g/mol. The van der Waals surface area contributed by atoms with Crippen LogP contribution >= 0.6 is 23.6 Å². The molecule has 1 aromatic carbocycles. The van der Waals surface area contributed by atoms with E-state index in [-0.39, 0.29) is 11.9 Å². The molecule has 1 aromatic heterocycles. The molecule has 1 aliphatic heterocycles. The van der Waals surface area contributed by atoms with Crippen LogP contribution in [0.2, 0.25) is 0 Å². The van der Waals surface area contributed by atoms with Gasteiger partial charge in [0.2, 0.25) is 0 Å². The molecule has 1 fully saturated rings. The third-order valence-electron chi connectivity index (χ3n) is 5.33. The Bertz CT molecular complexity index is 729. The maximum Gasteiger partial charge on any atom is 0.171 e. The molecule has 0 saturated carbocycles. The maximum absolute atomic E-state index is 13.4. The highest BCUT2D eigenvalue weighted by Crippen LogP contribution is 2.20. The first-order valence-corrected chi connectivity index (χ1v) is 10.9. The standard InChI is InChI=1S/C20H27FN4S2/c1-3-24-9-11-25(12-10-24)19(18-8-5-13-27-18)15(2)22-20(26)23-17-7-4-6-16(21)14-17/h4-8,13-15,19H,3,9-12H2,1-2H3,(H2,22,23,26)/p+2/t15-,19+/m1/s1. The molecule has 2 aromatic rings. The molecule has 146 valence electrons. The van der Waals surface area contributed by atoms with E-state index < -0.39 is 0 Å². The molecule has 1 saturated heterocycles. The van der Waals surface area contributed by atoms with Gasteiger partial charge in [0.25, 0.3) is 0 Å². The number of likely N-dealkylation sites (N-methyl/N-ethyl adjacent to an activating group) is 1. The highest BCUT2D eigenvalue weighted by atomic mass is 32.1. The van der Waals surface area contributed by atoms with Crippen molar-refractivity contribution in [2.75, 3.05) is 38.0 Å². The third kappa shape index (κ3) is 5.48. The number of thiophene rings is 1. The van der Waals surface area contributed by atoms with Crippen molar-refractivity contribution in [3.05, 3.63) is 52.5 Å². The lowest BCUT2D eigenvalue weighted by molar-refractivity contribution is -1.03. The van der Waals surface area contributed by atoms with Crippen LogP contribution in [0.15, 0.2) is 41.8 Å². The second-order valence-electron chi connectivity index (χ2n) is 7.15. The number of halogens is 1. The first kappa shape index (κ1) is 20.2. The van der Waals surface area contributed by atoms with Crippen LogP contribution < -0.4 is 20.4 Å². The maximum atomic E-state index is 13.4. The molecule has 1 aliphatic rings. The van der Waals surface area contributed by atoms with Gasteiger partial charge >= 0.3 is 0 Å². The van der Waals surface area contributed by atoms with E-state index in [2.05, 4.69) is 42.0 Å². The van der Waals surface area contributed by atoms with Gasteiger partial charge in [0, 0.05) is 5.69 Å². The monoisotopic (exact) mass is 408 g/mol. The van der Waals surface area contributed by atoms with E-state index in [4.69, 9.17) is 12.2 Å². The number of thiocarbonyl (C=S) groups is 1. The van der Waals surface area contributed by atoms with Gasteiger partial charge in [-0.05, 0) is 55.7 Å². The molecule has 0 aliphatic carbocycles. The number of piperazine rings is 1. The summed E-state index contributed by atoms with van der Waals surface area (Å²) in [5, 5.41) is 9.22. The van der Waals surface area contributed by atoms with Crippen molar-refractivity contribution in [3.63, 3.8) is 0 Å². The lowest BCUT2D eigenvalue weighted by atomic mass is 10.1. The Hall–Kier alpha value is -1.54. The summed E-state index contributed by atoms with van der Waals surface area (Å²) in [6, 6.07) is 11.3. The van der Waals surface area contributed by atoms with Gasteiger partial charge in [0.05, 0.1) is 17.5 Å². The Labute approximate surface area is 170 Å². The van der Waals surface area contributed by atoms with E-state index in [1.165, 1.54) is 49.7 Å². The fourth-order valence-electron chi connectivity index (χ4n) is 3.88. The number of benzene rings is 1. The molecule has 4 N–H and O–H groups in total. The van der Waals surface area contributed by atoms with E-state index in [1.54, 1.807) is 15.9 Å². The van der Waals surface area contributed by atoms with Crippen molar-refractivity contribution in [2.45, 2.75) is 25.9 Å². The summed E-state index contributed by atoms with van der Waals surface area (Å²) in [7, 11) is 0. The summed E-state index contributed by atoms with van der Waals surface area (Å²) in [5.41, 5.74) is 0.667. The number of anilines is 1. The fourth-order valence-corrected chi connectivity index (χ4v) is 5.17. The fraction of sp³-hybridized carbons (Fsp3) is 0.450. The molecule has 2 atom stereocenters. The summed E-state index contributed by atoms with van der Waals surface area (Å²) in [6.45, 7) is 10.4. The third-order valence-corrected chi connectivity index (χ3v) is 6.51. The number of quaternary nitrogens is 2. The molecule has 0 radical (unpaired) electrons. The minimum atomic E-state index is -0.270. The van der Waals surface area contributed by atoms with Gasteiger partial charge in [-0.15, -0.1) is 11.3 Å². The average Bonchev–Trinajstić information content (AvgIpc) is 3.16. The van der Waals surface area contributed by atoms with Gasteiger partial charge in [0.15, 0.2) is 5.11 Å². The summed E-state index contributed by atoms with van der Waals surface area (Å²) < 4.78 is 13.4. The van der Waals surface area contributed by atoms with Crippen LogP contribution in [0.25, 0.3) is 0 Å². The van der Waals surface area contributed by atoms with E-state index >= 15 is 0 Å². The Morgan fingerprint density at radius 1 is 1.22 bits per heavy atom. The largest absolute Gasteiger partial charge is 0.354 e. The van der Waals surface area contributed by atoms with Crippen molar-refractivity contribution in [3.8, 4) is 0 Å². The quantitative estimate of drug-likeness (QED) is 0.541. The van der Waals surface area contributed by atoms with Crippen LogP contribution in [0.1, 0.15) is 24.8 Å². The highest BCUT2D eigenvalue weighted by molar-refractivity contribution is 7.80. The molecule has 4 nitrogen and oxygen atoms in total. The van der Waals surface area contributed by atoms with Crippen LogP contribution in [-0.2, 0) is 0 Å². The number of rotatable bonds is 6. The van der Waals surface area contributed by atoms with Crippen LogP contribution in [0.5, 0.6) is 0 Å². The second-order valence-corrected chi connectivity index (χ2v) is 8.54. The Kier molecular flexibility index (Phi) is 7.18. The SMILES string of the molecule is CC[NH+]1CC[NH+]([C@H](c2cccs2)[C@@H](C)NC(=S)Nc2cccc(F)c2)CC1. The van der Waals surface area contributed by atoms with E-state index in [1.807, 2.05) is 17.4 Å². The van der Waals surface area contributed by atoms with Gasteiger partial charge in [-0.2, -0.15) is 0 Å². The lowest BCUT2D eigenvalue weighted by Gasteiger charge is -2.37. The minimum absolute atomic E-state index is 0.176. The first-order valence-electron chi connectivity index (χ1n) is 9.61. The zero-order chi connectivity index (χ0) is 19.2. The molecule has 0 amide bonds. The van der Waals surface area contributed by atoms with Gasteiger partial charge in [0.1, 0.15) is 38.0 Å². The van der Waals surface area contributed by atoms with Crippen molar-refractivity contribution in [1.29, 1.82) is 0 Å². The molecule has 0 spiro atoms. The molecule has 0 unspecified atom stereocenters. The van der Waals surface area contributed by atoms with Gasteiger partial charge < -0.3 is 20.4 Å². The van der Waals surface area contributed by atoms with Crippen molar-refractivity contribution >= 4 is 34.4 Å². The topological polar surface area (TPSA) is 32.9 Å². The summed E-state index contributed by atoms with van der Waals surface area (Å²) in [4.78, 5) is 4.69. The van der Waals surface area contributed by atoms with Crippen molar-refractivity contribution < 1.29 is 14.2 Å². The van der Waals surface area contributed by atoms with E-state index in [0.717, 1.165) is 0 Å². The van der Waals surface area contributed by atoms with Gasteiger partial charge in [-0.3, -0.25) is 0 Å². The first-order chi connectivity index (χ1) is 13.1. The number of hydrogen-bond acceptors (Lipinski definition) is 2. The van der Waals surface area contributed by atoms with Crippen molar-refractivity contribution in [1.82, 2.24) is 5.32 Å². The summed E-state index contributed by atoms with van der Waals surface area (Å²) >= 11 is 7.30. The molecular formula is C20H29FN4S2+2. The second kappa shape index (κ2) is 9.59. The smallest absolute Gasteiger partial charge is 0.171 e. The van der Waals surface area contributed by atoms with E-state index in [0.29, 0.717) is 16.8 Å². The lowest BCUT2D eigenvalue weighted by Crippen LogP contribution is -3.28. The minimum Gasteiger partial charge on any atom is -0.354 e. The van der Waals surface area contributed by atoms with Crippen LogP contribution in [0, 0.1) is 5.82 Å². The molecule has 0 bridgehead atoms. The Morgan fingerprint density at radius 2 is 2.00 bits per heavy atom. The zero-order valence-electron chi connectivity index (χ0n) is 15.9. The Morgan fingerprint density at radius 3 is 2.63 bits per heavy atom. The normalized spacial score (nSPS) is 22.0. The van der Waals surface area contributed by atoms with Crippen LogP contribution in [-0.4, -0.2) is 43.9 Å². The molecule has 2 heterocycles.